The van der Waals surface area contributed by atoms with Gasteiger partial charge in [0.2, 0.25) is 5.89 Å². The molecule has 4 nitrogen and oxygen atoms in total. The average molecular weight is 328 g/mol. The van der Waals surface area contributed by atoms with E-state index in [0.717, 1.165) is 12.0 Å². The molecule has 0 radical (unpaired) electrons. The molecule has 0 aliphatic rings. The van der Waals surface area contributed by atoms with E-state index in [0.29, 0.717) is 28.2 Å². The van der Waals surface area contributed by atoms with Crippen LogP contribution in [0.1, 0.15) is 43.5 Å². The molecule has 0 bridgehead atoms. The Labute approximate surface area is 134 Å². The highest BCUT2D eigenvalue weighted by Crippen LogP contribution is 2.25. The Morgan fingerprint density at radius 2 is 2.05 bits per heavy atom. The van der Waals surface area contributed by atoms with Crippen molar-refractivity contribution >= 4 is 23.2 Å². The summed E-state index contributed by atoms with van der Waals surface area (Å²) in [5.74, 6) is 1.55. The summed E-state index contributed by atoms with van der Waals surface area (Å²) in [6.07, 6.45) is 1.52. The van der Waals surface area contributed by atoms with Crippen LogP contribution in [0.25, 0.3) is 0 Å². The van der Waals surface area contributed by atoms with Gasteiger partial charge < -0.3 is 9.84 Å². The number of aromatic nitrogens is 2. The fraction of sp³-hybridized carbons (Fsp3) is 0.467. The number of halogens is 2. The normalized spacial score (nSPS) is 14.1. The second kappa shape index (κ2) is 7.25. The maximum atomic E-state index is 6.01. The third-order valence-electron chi connectivity index (χ3n) is 3.65. The van der Waals surface area contributed by atoms with Crippen LogP contribution < -0.4 is 5.32 Å². The Morgan fingerprint density at radius 3 is 2.67 bits per heavy atom. The second-order valence-electron chi connectivity index (χ2n) is 5.07. The molecule has 0 aliphatic heterocycles. The Balaban J connectivity index is 2.14. The SMILES string of the molecule is CCC(c1nc(Cc2ccc(Cl)c(Cl)c2)no1)C(C)NC. The quantitative estimate of drug-likeness (QED) is 0.868. The number of hydrogen-bond donors (Lipinski definition) is 1. The molecule has 2 atom stereocenters. The predicted octanol–water partition coefficient (Wildman–Crippen LogP) is 4.07. The Kier molecular flexibility index (Phi) is 5.62. The first-order valence-corrected chi connectivity index (χ1v) is 7.74. The van der Waals surface area contributed by atoms with Crippen LogP contribution in [0, 0.1) is 0 Å². The van der Waals surface area contributed by atoms with Crippen LogP contribution in [-0.2, 0) is 6.42 Å². The monoisotopic (exact) mass is 327 g/mol. The molecule has 1 aromatic heterocycles. The van der Waals surface area contributed by atoms with Gasteiger partial charge >= 0.3 is 0 Å². The van der Waals surface area contributed by atoms with E-state index in [-0.39, 0.29) is 12.0 Å². The van der Waals surface area contributed by atoms with Gasteiger partial charge in [0, 0.05) is 12.5 Å². The van der Waals surface area contributed by atoms with Crippen molar-refractivity contribution in [3.8, 4) is 0 Å². The summed E-state index contributed by atoms with van der Waals surface area (Å²) in [5, 5.41) is 8.37. The maximum Gasteiger partial charge on any atom is 0.231 e. The number of rotatable bonds is 6. The third kappa shape index (κ3) is 3.96. The molecule has 0 saturated carbocycles. The Hall–Kier alpha value is -1.10. The van der Waals surface area contributed by atoms with E-state index in [2.05, 4.69) is 29.3 Å². The summed E-state index contributed by atoms with van der Waals surface area (Å²) in [6.45, 7) is 4.22. The lowest BCUT2D eigenvalue weighted by atomic mass is 9.98. The minimum Gasteiger partial charge on any atom is -0.339 e. The smallest absolute Gasteiger partial charge is 0.231 e. The third-order valence-corrected chi connectivity index (χ3v) is 4.38. The second-order valence-corrected chi connectivity index (χ2v) is 5.88. The highest BCUT2D eigenvalue weighted by Gasteiger charge is 2.22. The van der Waals surface area contributed by atoms with Crippen molar-refractivity contribution in [3.05, 3.63) is 45.5 Å². The first-order chi connectivity index (χ1) is 10.0. The topological polar surface area (TPSA) is 51.0 Å². The lowest BCUT2D eigenvalue weighted by Gasteiger charge is -2.17. The first kappa shape index (κ1) is 16.3. The molecule has 0 saturated heterocycles. The lowest BCUT2D eigenvalue weighted by molar-refractivity contribution is 0.320. The minimum absolute atomic E-state index is 0.213. The van der Waals surface area contributed by atoms with Gasteiger partial charge in [-0.25, -0.2) is 0 Å². The van der Waals surface area contributed by atoms with Gasteiger partial charge in [-0.05, 0) is 38.1 Å². The van der Waals surface area contributed by atoms with Crippen molar-refractivity contribution in [1.82, 2.24) is 15.5 Å². The van der Waals surface area contributed by atoms with Gasteiger partial charge in [-0.15, -0.1) is 0 Å². The number of benzene rings is 1. The summed E-state index contributed by atoms with van der Waals surface area (Å²) < 4.78 is 5.41. The highest BCUT2D eigenvalue weighted by molar-refractivity contribution is 6.42. The number of nitrogens with one attached hydrogen (secondary N) is 1. The zero-order valence-corrected chi connectivity index (χ0v) is 13.9. The Bertz CT molecular complexity index is 600. The molecule has 1 aromatic carbocycles. The number of likely N-dealkylation sites (N-methyl/N-ethyl adjacent to an activating group) is 1. The van der Waals surface area contributed by atoms with E-state index in [4.69, 9.17) is 27.7 Å². The molecular formula is C15H19Cl2N3O. The summed E-state index contributed by atoms with van der Waals surface area (Å²) >= 11 is 11.9. The molecule has 0 amide bonds. The van der Waals surface area contributed by atoms with Gasteiger partial charge in [0.1, 0.15) is 0 Å². The fourth-order valence-electron chi connectivity index (χ4n) is 2.27. The predicted molar refractivity (Wildman–Crippen MR) is 85.1 cm³/mol. The minimum atomic E-state index is 0.213. The van der Waals surface area contributed by atoms with Gasteiger partial charge in [-0.1, -0.05) is 41.3 Å². The standard InChI is InChI=1S/C15H19Cl2N3O/c1-4-11(9(2)18-3)15-19-14(20-21-15)8-10-5-6-12(16)13(17)7-10/h5-7,9,11,18H,4,8H2,1-3H3. The van der Waals surface area contributed by atoms with Crippen molar-refractivity contribution in [1.29, 1.82) is 0 Å². The van der Waals surface area contributed by atoms with E-state index < -0.39 is 0 Å². The van der Waals surface area contributed by atoms with E-state index in [1.165, 1.54) is 0 Å². The summed E-state index contributed by atoms with van der Waals surface area (Å²) in [4.78, 5) is 4.50. The molecule has 0 fully saturated rings. The zero-order valence-electron chi connectivity index (χ0n) is 12.4. The van der Waals surface area contributed by atoms with Gasteiger partial charge in [-0.3, -0.25) is 0 Å². The van der Waals surface area contributed by atoms with Gasteiger partial charge in [0.25, 0.3) is 0 Å². The summed E-state index contributed by atoms with van der Waals surface area (Å²) in [6, 6.07) is 5.80. The molecule has 0 spiro atoms. The zero-order chi connectivity index (χ0) is 15.4. The molecule has 1 heterocycles. The van der Waals surface area contributed by atoms with Crippen LogP contribution in [0.4, 0.5) is 0 Å². The molecule has 1 N–H and O–H groups in total. The van der Waals surface area contributed by atoms with Crippen molar-refractivity contribution < 1.29 is 4.52 Å². The van der Waals surface area contributed by atoms with E-state index in [9.17, 15) is 0 Å². The van der Waals surface area contributed by atoms with Crippen molar-refractivity contribution in [2.75, 3.05) is 7.05 Å². The maximum absolute atomic E-state index is 6.01. The van der Waals surface area contributed by atoms with Gasteiger partial charge in [0.05, 0.1) is 16.0 Å². The molecule has 2 unspecified atom stereocenters. The van der Waals surface area contributed by atoms with Crippen LogP contribution in [-0.4, -0.2) is 23.2 Å². The van der Waals surface area contributed by atoms with Crippen LogP contribution in [0.5, 0.6) is 0 Å². The van der Waals surface area contributed by atoms with Crippen LogP contribution >= 0.6 is 23.2 Å². The van der Waals surface area contributed by atoms with Crippen LogP contribution in [0.15, 0.2) is 22.7 Å². The summed E-state index contributed by atoms with van der Waals surface area (Å²) in [7, 11) is 1.93. The highest BCUT2D eigenvalue weighted by atomic mass is 35.5. The van der Waals surface area contributed by atoms with Gasteiger partial charge in [-0.2, -0.15) is 4.98 Å². The number of nitrogens with zero attached hydrogens (tertiary/aromatic N) is 2. The summed E-state index contributed by atoms with van der Waals surface area (Å²) in [5.41, 5.74) is 1.01. The van der Waals surface area contributed by atoms with Crippen molar-refractivity contribution in [2.45, 2.75) is 38.6 Å². The molecular weight excluding hydrogens is 309 g/mol. The lowest BCUT2D eigenvalue weighted by Crippen LogP contribution is -2.28. The van der Waals surface area contributed by atoms with E-state index in [1.807, 2.05) is 19.2 Å². The molecule has 21 heavy (non-hydrogen) atoms. The molecule has 6 heteroatoms. The van der Waals surface area contributed by atoms with E-state index in [1.54, 1.807) is 6.07 Å². The van der Waals surface area contributed by atoms with E-state index >= 15 is 0 Å². The fourth-order valence-corrected chi connectivity index (χ4v) is 2.59. The van der Waals surface area contributed by atoms with Crippen LogP contribution in [0.2, 0.25) is 10.0 Å². The Morgan fingerprint density at radius 1 is 1.29 bits per heavy atom. The van der Waals surface area contributed by atoms with Crippen molar-refractivity contribution in [2.24, 2.45) is 0 Å². The largest absolute Gasteiger partial charge is 0.339 e. The number of hydrogen-bond acceptors (Lipinski definition) is 4. The molecule has 2 aromatic rings. The first-order valence-electron chi connectivity index (χ1n) is 6.98. The van der Waals surface area contributed by atoms with Crippen LogP contribution in [0.3, 0.4) is 0 Å². The molecule has 2 rings (SSSR count). The van der Waals surface area contributed by atoms with Gasteiger partial charge in [0.15, 0.2) is 5.82 Å². The molecule has 0 aliphatic carbocycles. The average Bonchev–Trinajstić information content (AvgIpc) is 2.91. The van der Waals surface area contributed by atoms with Crippen molar-refractivity contribution in [3.63, 3.8) is 0 Å². The molecule has 114 valence electrons.